The standard InChI is InChI=1S/C38H48ClN5O5Si/c1-25-28(23-47-50(38(5,6)7,26-16-10-8-11-17-26)27-18-12-9-13-19-27)30(48-31-20-14-15-21-46-31)22-29(25)44-24-40-32-33(39)41-35(42-34(32)44)43-36(45)49-37(2,3)4/h8-13,16-19,24,28-31H,1,14-15,20-23H2,2-7H3,(H,41,42,43,45)/t28-,29-,30-,31?/m0/s1. The highest BCUT2D eigenvalue weighted by Gasteiger charge is 2.52. The molecule has 4 aromatic rings. The van der Waals surface area contributed by atoms with Crippen molar-refractivity contribution in [1.82, 2.24) is 19.5 Å². The molecule has 1 unspecified atom stereocenters. The first-order chi connectivity index (χ1) is 23.8. The summed E-state index contributed by atoms with van der Waals surface area (Å²) in [5.74, 6) is -0.127. The number of carbonyl (C=O) groups is 1. The van der Waals surface area contributed by atoms with E-state index in [2.05, 4.69) is 96.1 Å². The minimum atomic E-state index is -2.85. The topological polar surface area (TPSA) is 110 Å². The third-order valence-corrected chi connectivity index (χ3v) is 14.8. The highest BCUT2D eigenvalue weighted by molar-refractivity contribution is 6.99. The lowest BCUT2D eigenvalue weighted by Crippen LogP contribution is -2.67. The fourth-order valence-electron chi connectivity index (χ4n) is 7.23. The summed E-state index contributed by atoms with van der Waals surface area (Å²) >= 11 is 6.58. The maximum atomic E-state index is 12.6. The summed E-state index contributed by atoms with van der Waals surface area (Å²) < 4.78 is 27.6. The zero-order valence-electron chi connectivity index (χ0n) is 29.8. The fraction of sp³-hybridized carbons (Fsp3) is 0.474. The Morgan fingerprint density at radius 2 is 1.68 bits per heavy atom. The van der Waals surface area contributed by atoms with E-state index in [-0.39, 0.29) is 40.5 Å². The van der Waals surface area contributed by atoms with Gasteiger partial charge < -0.3 is 23.2 Å². The van der Waals surface area contributed by atoms with Crippen LogP contribution in [0.3, 0.4) is 0 Å². The third-order valence-electron chi connectivity index (χ3n) is 9.50. The van der Waals surface area contributed by atoms with Gasteiger partial charge in [0, 0.05) is 19.1 Å². The number of imidazole rings is 1. The van der Waals surface area contributed by atoms with Gasteiger partial charge in [0.25, 0.3) is 8.32 Å². The Morgan fingerprint density at radius 1 is 1.02 bits per heavy atom. The monoisotopic (exact) mass is 717 g/mol. The predicted molar refractivity (Wildman–Crippen MR) is 199 cm³/mol. The summed E-state index contributed by atoms with van der Waals surface area (Å²) in [4.78, 5) is 26.1. The molecule has 6 rings (SSSR count). The van der Waals surface area contributed by atoms with Crippen LogP contribution in [-0.4, -0.2) is 65.1 Å². The van der Waals surface area contributed by atoms with Crippen molar-refractivity contribution < 1.29 is 23.4 Å². The number of fused-ring (bicyclic) bond motifs is 1. The molecule has 4 atom stereocenters. The zero-order chi connectivity index (χ0) is 35.7. The van der Waals surface area contributed by atoms with Crippen molar-refractivity contribution >= 4 is 53.5 Å². The molecule has 1 saturated carbocycles. The highest BCUT2D eigenvalue weighted by Crippen LogP contribution is 2.45. The Morgan fingerprint density at radius 3 is 2.26 bits per heavy atom. The lowest BCUT2D eigenvalue weighted by Gasteiger charge is -2.44. The summed E-state index contributed by atoms with van der Waals surface area (Å²) in [6, 6.07) is 21.0. The lowest BCUT2D eigenvalue weighted by molar-refractivity contribution is -0.195. The van der Waals surface area contributed by atoms with E-state index in [0.29, 0.717) is 30.8 Å². The number of hydrogen-bond donors (Lipinski definition) is 1. The van der Waals surface area contributed by atoms with Crippen molar-refractivity contribution in [2.75, 3.05) is 18.5 Å². The number of halogens is 1. The second kappa shape index (κ2) is 14.6. The zero-order valence-corrected chi connectivity index (χ0v) is 31.6. The molecule has 1 aliphatic heterocycles. The molecule has 0 radical (unpaired) electrons. The highest BCUT2D eigenvalue weighted by atomic mass is 35.5. The number of amides is 1. The van der Waals surface area contributed by atoms with Crippen LogP contribution >= 0.6 is 11.6 Å². The number of carbonyl (C=O) groups excluding carboxylic acids is 1. The molecule has 2 aliphatic rings. The molecular weight excluding hydrogens is 670 g/mol. The van der Waals surface area contributed by atoms with E-state index in [1.807, 2.05) is 16.7 Å². The van der Waals surface area contributed by atoms with Gasteiger partial charge in [0.2, 0.25) is 5.95 Å². The Kier molecular flexibility index (Phi) is 10.5. The molecule has 2 fully saturated rings. The molecule has 0 spiro atoms. The SMILES string of the molecule is C=C1[C@H](CO[Si](c2ccccc2)(c2ccccc2)C(C)(C)C)[C@@H](OC2CCCCO2)C[C@@H]1n1cnc2c(Cl)nc(NC(=O)OC(C)(C)C)nc21. The second-order valence-corrected chi connectivity index (χ2v) is 19.8. The maximum absolute atomic E-state index is 12.6. The summed E-state index contributed by atoms with van der Waals surface area (Å²) in [6.07, 6.45) is 4.03. The van der Waals surface area contributed by atoms with Crippen LogP contribution in [-0.2, 0) is 18.6 Å². The normalized spacial score (nSPS) is 21.8. The van der Waals surface area contributed by atoms with Crippen LogP contribution in [0, 0.1) is 5.92 Å². The van der Waals surface area contributed by atoms with Crippen LogP contribution in [0.4, 0.5) is 10.7 Å². The first kappa shape index (κ1) is 36.2. The van der Waals surface area contributed by atoms with Crippen molar-refractivity contribution in [2.24, 2.45) is 5.92 Å². The number of hydrogen-bond acceptors (Lipinski definition) is 8. The summed E-state index contributed by atoms with van der Waals surface area (Å²) in [7, 11) is -2.85. The van der Waals surface area contributed by atoms with Gasteiger partial charge in [-0.2, -0.15) is 9.97 Å². The van der Waals surface area contributed by atoms with Gasteiger partial charge in [-0.15, -0.1) is 0 Å². The van der Waals surface area contributed by atoms with Crippen molar-refractivity contribution in [3.8, 4) is 0 Å². The molecule has 1 aliphatic carbocycles. The minimum absolute atomic E-state index is 0.0251. The van der Waals surface area contributed by atoms with Crippen molar-refractivity contribution in [1.29, 1.82) is 0 Å². The van der Waals surface area contributed by atoms with E-state index in [1.54, 1.807) is 27.1 Å². The van der Waals surface area contributed by atoms with Gasteiger partial charge in [0.05, 0.1) is 18.5 Å². The Bertz CT molecular complexity index is 1760. The quantitative estimate of drug-likeness (QED) is 0.108. The van der Waals surface area contributed by atoms with E-state index in [9.17, 15) is 4.79 Å². The fourth-order valence-corrected chi connectivity index (χ4v) is 12.0. The summed E-state index contributed by atoms with van der Waals surface area (Å²) in [5.41, 5.74) is 1.15. The molecule has 0 bridgehead atoms. The number of rotatable bonds is 9. The number of nitrogens with zero attached hydrogens (tertiary/aromatic N) is 4. The number of nitrogens with one attached hydrogen (secondary N) is 1. The van der Waals surface area contributed by atoms with Gasteiger partial charge in [-0.05, 0) is 67.4 Å². The van der Waals surface area contributed by atoms with E-state index < -0.39 is 20.0 Å². The van der Waals surface area contributed by atoms with E-state index >= 15 is 0 Å². The molecule has 12 heteroatoms. The Hall–Kier alpha value is -3.61. The van der Waals surface area contributed by atoms with Crippen molar-refractivity contribution in [3.63, 3.8) is 0 Å². The third kappa shape index (κ3) is 7.52. The number of anilines is 1. The first-order valence-electron chi connectivity index (χ1n) is 17.4. The van der Waals surface area contributed by atoms with Crippen LogP contribution in [0.2, 0.25) is 10.2 Å². The maximum Gasteiger partial charge on any atom is 0.414 e. The van der Waals surface area contributed by atoms with Crippen molar-refractivity contribution in [3.05, 3.63) is 84.3 Å². The average Bonchev–Trinajstić information content (AvgIpc) is 3.62. The number of ether oxygens (including phenoxy) is 3. The van der Waals surface area contributed by atoms with Gasteiger partial charge >= 0.3 is 6.09 Å². The minimum Gasteiger partial charge on any atom is -0.444 e. The van der Waals surface area contributed by atoms with Crippen LogP contribution in [0.25, 0.3) is 11.2 Å². The average molecular weight is 718 g/mol. The van der Waals surface area contributed by atoms with E-state index in [1.165, 1.54) is 10.4 Å². The first-order valence-corrected chi connectivity index (χ1v) is 19.7. The van der Waals surface area contributed by atoms with Crippen LogP contribution in [0.5, 0.6) is 0 Å². The van der Waals surface area contributed by atoms with Gasteiger partial charge in [0.1, 0.15) is 11.1 Å². The molecule has 3 heterocycles. The van der Waals surface area contributed by atoms with Gasteiger partial charge in [-0.1, -0.05) is 99.6 Å². The Labute approximate surface area is 300 Å². The molecular formula is C38H48ClN5O5Si. The van der Waals surface area contributed by atoms with Crippen LogP contribution in [0.1, 0.15) is 73.3 Å². The largest absolute Gasteiger partial charge is 0.444 e. The van der Waals surface area contributed by atoms with Gasteiger partial charge in [-0.25, -0.2) is 9.78 Å². The molecule has 1 saturated heterocycles. The molecule has 266 valence electrons. The molecule has 50 heavy (non-hydrogen) atoms. The van der Waals surface area contributed by atoms with Gasteiger partial charge in [0.15, 0.2) is 17.1 Å². The smallest absolute Gasteiger partial charge is 0.414 e. The van der Waals surface area contributed by atoms with E-state index in [0.717, 1.165) is 24.8 Å². The van der Waals surface area contributed by atoms with E-state index in [4.69, 9.17) is 30.2 Å². The molecule has 10 nitrogen and oxygen atoms in total. The Balaban J connectivity index is 1.36. The summed E-state index contributed by atoms with van der Waals surface area (Å²) in [6.45, 7) is 17.9. The molecule has 1 amide bonds. The molecule has 1 N–H and O–H groups in total. The van der Waals surface area contributed by atoms with Crippen LogP contribution in [0.15, 0.2) is 79.1 Å². The number of aromatic nitrogens is 4. The molecule has 2 aromatic carbocycles. The van der Waals surface area contributed by atoms with Gasteiger partial charge in [-0.3, -0.25) is 5.32 Å². The van der Waals surface area contributed by atoms with Crippen LogP contribution < -0.4 is 15.7 Å². The predicted octanol–water partition coefficient (Wildman–Crippen LogP) is 7.43. The summed E-state index contributed by atoms with van der Waals surface area (Å²) in [5, 5.41) is 4.97. The van der Waals surface area contributed by atoms with Crippen molar-refractivity contribution in [2.45, 2.75) is 96.3 Å². The number of benzene rings is 2. The second-order valence-electron chi connectivity index (χ2n) is 15.2. The molecule has 2 aromatic heterocycles. The lowest BCUT2D eigenvalue weighted by atomic mass is 10.0.